The van der Waals surface area contributed by atoms with Gasteiger partial charge in [0, 0.05) is 5.69 Å². The third kappa shape index (κ3) is 5.30. The number of carbonyl (C=O) groups excluding carboxylic acids is 2. The van der Waals surface area contributed by atoms with E-state index in [2.05, 4.69) is 15.7 Å². The van der Waals surface area contributed by atoms with Crippen LogP contribution >= 0.6 is 0 Å². The smallest absolute Gasteiger partial charge is 0.346 e. The zero-order valence-electron chi connectivity index (χ0n) is 14.7. The monoisotopic (exact) mass is 383 g/mol. The number of anilines is 1. The second-order valence-electron chi connectivity index (χ2n) is 6.21. The summed E-state index contributed by atoms with van der Waals surface area (Å²) in [5.41, 5.74) is 5.34. The predicted molar refractivity (Wildman–Crippen MR) is 93.0 cm³/mol. The van der Waals surface area contributed by atoms with Gasteiger partial charge in [-0.3, -0.25) is 9.59 Å². The summed E-state index contributed by atoms with van der Waals surface area (Å²) in [4.78, 5) is 23.6. The molecule has 0 fully saturated rings. The minimum atomic E-state index is -4.53. The fourth-order valence-corrected chi connectivity index (χ4v) is 2.20. The lowest BCUT2D eigenvalue weighted by Crippen LogP contribution is -2.46. The molecule has 0 unspecified atom stereocenters. The summed E-state index contributed by atoms with van der Waals surface area (Å²) in [6.07, 6.45) is -3.47. The first-order chi connectivity index (χ1) is 12.6. The highest BCUT2D eigenvalue weighted by atomic mass is 19.4. The Morgan fingerprint density at radius 1 is 1.19 bits per heavy atom. The van der Waals surface area contributed by atoms with Crippen molar-refractivity contribution in [3.8, 4) is 5.69 Å². The summed E-state index contributed by atoms with van der Waals surface area (Å²) >= 11 is 0. The van der Waals surface area contributed by atoms with Crippen molar-refractivity contribution in [1.29, 1.82) is 0 Å². The van der Waals surface area contributed by atoms with E-state index >= 15 is 0 Å². The van der Waals surface area contributed by atoms with Crippen molar-refractivity contribution >= 4 is 17.5 Å². The van der Waals surface area contributed by atoms with Crippen LogP contribution in [0.2, 0.25) is 0 Å². The molecular formula is C17H20F3N5O2. The van der Waals surface area contributed by atoms with Crippen LogP contribution in [0.25, 0.3) is 5.69 Å². The van der Waals surface area contributed by atoms with Gasteiger partial charge in [-0.15, -0.1) is 0 Å². The van der Waals surface area contributed by atoms with E-state index in [0.717, 1.165) is 16.9 Å². The molecule has 4 N–H and O–H groups in total. The summed E-state index contributed by atoms with van der Waals surface area (Å²) in [5.74, 6) is -0.986. The number of hydrogen-bond donors (Lipinski definition) is 3. The van der Waals surface area contributed by atoms with Crippen LogP contribution in [0.3, 0.4) is 0 Å². The normalized spacial score (nSPS) is 12.7. The Bertz CT molecular complexity index is 800. The number of nitrogens with zero attached hydrogens (tertiary/aromatic N) is 2. The first kappa shape index (κ1) is 20.4. The summed E-state index contributed by atoms with van der Waals surface area (Å²) in [5, 5.41) is 8.64. The third-order valence-electron chi connectivity index (χ3n) is 3.77. The van der Waals surface area contributed by atoms with Gasteiger partial charge in [-0.25, -0.2) is 4.68 Å². The van der Waals surface area contributed by atoms with Crippen LogP contribution in [-0.4, -0.2) is 34.2 Å². The summed E-state index contributed by atoms with van der Waals surface area (Å²) in [6, 6.07) is 5.83. The van der Waals surface area contributed by atoms with Gasteiger partial charge in [-0.05, 0) is 36.2 Å². The van der Waals surface area contributed by atoms with E-state index in [-0.39, 0.29) is 18.2 Å². The molecule has 10 heteroatoms. The Balaban J connectivity index is 1.97. The Labute approximate surface area is 153 Å². The van der Waals surface area contributed by atoms with Crippen molar-refractivity contribution < 1.29 is 22.8 Å². The molecule has 2 aromatic rings. The fraction of sp³-hybridized carbons (Fsp3) is 0.353. The number of rotatable bonds is 6. The molecule has 0 radical (unpaired) electrons. The molecular weight excluding hydrogens is 363 g/mol. The minimum absolute atomic E-state index is 0.0653. The fourth-order valence-electron chi connectivity index (χ4n) is 2.20. The maximum Gasteiger partial charge on any atom is 0.433 e. The Morgan fingerprint density at radius 3 is 2.37 bits per heavy atom. The highest BCUT2D eigenvalue weighted by Gasteiger charge is 2.35. The van der Waals surface area contributed by atoms with E-state index in [9.17, 15) is 22.8 Å². The van der Waals surface area contributed by atoms with Crippen molar-refractivity contribution in [1.82, 2.24) is 15.1 Å². The zero-order chi connectivity index (χ0) is 20.2. The van der Waals surface area contributed by atoms with Gasteiger partial charge in [0.05, 0.1) is 24.5 Å². The molecule has 1 aromatic carbocycles. The molecule has 0 aliphatic carbocycles. The van der Waals surface area contributed by atoms with E-state index in [1.165, 1.54) is 24.3 Å². The quantitative estimate of drug-likeness (QED) is 0.709. The molecule has 7 nitrogen and oxygen atoms in total. The maximum atomic E-state index is 12.9. The van der Waals surface area contributed by atoms with Crippen LogP contribution in [0, 0.1) is 5.92 Å². The van der Waals surface area contributed by atoms with Crippen molar-refractivity contribution in [2.45, 2.75) is 26.1 Å². The molecule has 1 aromatic heterocycles. The number of nitrogens with one attached hydrogen (secondary N) is 2. The second kappa shape index (κ2) is 8.21. The average Bonchev–Trinajstić information content (AvgIpc) is 3.09. The van der Waals surface area contributed by atoms with Gasteiger partial charge >= 0.3 is 6.18 Å². The SMILES string of the molecule is CC(C)[C@H](N)C(=O)NCC(=O)Nc1ccc(-n2nccc2C(F)(F)F)cc1. The molecule has 2 amide bonds. The zero-order valence-corrected chi connectivity index (χ0v) is 14.7. The Morgan fingerprint density at radius 2 is 1.81 bits per heavy atom. The molecule has 0 spiro atoms. The molecule has 1 heterocycles. The molecule has 0 saturated carbocycles. The van der Waals surface area contributed by atoms with Crippen molar-refractivity contribution in [2.75, 3.05) is 11.9 Å². The number of hydrogen-bond acceptors (Lipinski definition) is 4. The lowest BCUT2D eigenvalue weighted by atomic mass is 10.1. The second-order valence-corrected chi connectivity index (χ2v) is 6.21. The number of alkyl halides is 3. The van der Waals surface area contributed by atoms with Crippen LogP contribution in [-0.2, 0) is 15.8 Å². The first-order valence-electron chi connectivity index (χ1n) is 8.14. The summed E-state index contributed by atoms with van der Waals surface area (Å²) in [7, 11) is 0. The van der Waals surface area contributed by atoms with Crippen LogP contribution in [0.4, 0.5) is 18.9 Å². The molecule has 0 bridgehead atoms. The van der Waals surface area contributed by atoms with Gasteiger partial charge in [0.2, 0.25) is 11.8 Å². The largest absolute Gasteiger partial charge is 0.433 e. The van der Waals surface area contributed by atoms with Gasteiger partial charge in [0.25, 0.3) is 0 Å². The topological polar surface area (TPSA) is 102 Å². The Kier molecular flexibility index (Phi) is 6.21. The number of amides is 2. The van der Waals surface area contributed by atoms with E-state index in [4.69, 9.17) is 5.73 Å². The van der Waals surface area contributed by atoms with Gasteiger partial charge in [-0.1, -0.05) is 13.8 Å². The number of halogens is 3. The first-order valence-corrected chi connectivity index (χ1v) is 8.14. The van der Waals surface area contributed by atoms with E-state index in [0.29, 0.717) is 5.69 Å². The lowest BCUT2D eigenvalue weighted by Gasteiger charge is -2.15. The summed E-state index contributed by atoms with van der Waals surface area (Å²) in [6.45, 7) is 3.31. The lowest BCUT2D eigenvalue weighted by molar-refractivity contribution is -0.142. The Hall–Kier alpha value is -2.88. The minimum Gasteiger partial charge on any atom is -0.346 e. The number of carbonyl (C=O) groups is 2. The maximum absolute atomic E-state index is 12.9. The van der Waals surface area contributed by atoms with Gasteiger partial charge in [0.15, 0.2) is 0 Å². The van der Waals surface area contributed by atoms with Crippen molar-refractivity contribution in [3.63, 3.8) is 0 Å². The van der Waals surface area contributed by atoms with Gasteiger partial charge in [-0.2, -0.15) is 18.3 Å². The molecule has 0 saturated heterocycles. The van der Waals surface area contributed by atoms with Crippen molar-refractivity contribution in [2.24, 2.45) is 11.7 Å². The van der Waals surface area contributed by atoms with Crippen LogP contribution in [0.1, 0.15) is 19.5 Å². The molecule has 27 heavy (non-hydrogen) atoms. The van der Waals surface area contributed by atoms with E-state index in [1.807, 2.05) is 0 Å². The molecule has 0 aliphatic rings. The summed E-state index contributed by atoms with van der Waals surface area (Å²) < 4.78 is 39.5. The van der Waals surface area contributed by atoms with Gasteiger partial charge < -0.3 is 16.4 Å². The third-order valence-corrected chi connectivity index (χ3v) is 3.77. The average molecular weight is 383 g/mol. The number of aromatic nitrogens is 2. The van der Waals surface area contributed by atoms with Crippen LogP contribution in [0.15, 0.2) is 36.5 Å². The molecule has 0 aliphatic heterocycles. The highest BCUT2D eigenvalue weighted by molar-refractivity contribution is 5.95. The van der Waals surface area contributed by atoms with E-state index < -0.39 is 29.7 Å². The van der Waals surface area contributed by atoms with Crippen LogP contribution < -0.4 is 16.4 Å². The molecule has 146 valence electrons. The van der Waals surface area contributed by atoms with E-state index in [1.54, 1.807) is 13.8 Å². The van der Waals surface area contributed by atoms with Crippen LogP contribution in [0.5, 0.6) is 0 Å². The standard InChI is InChI=1S/C17H20F3N5O2/c1-10(2)15(21)16(27)22-9-14(26)24-11-3-5-12(6-4-11)25-13(7-8-23-25)17(18,19)20/h3-8,10,15H,9,21H2,1-2H3,(H,22,27)(H,24,26)/t15-/m0/s1. The van der Waals surface area contributed by atoms with Gasteiger partial charge in [0.1, 0.15) is 5.69 Å². The molecule has 2 rings (SSSR count). The highest BCUT2D eigenvalue weighted by Crippen LogP contribution is 2.30. The molecule has 1 atom stereocenters. The number of nitrogens with two attached hydrogens (primary N) is 1. The predicted octanol–water partition coefficient (Wildman–Crippen LogP) is 1.93. The van der Waals surface area contributed by atoms with Crippen molar-refractivity contribution in [3.05, 3.63) is 42.2 Å². The number of benzene rings is 1.